The largest absolute Gasteiger partial charge is 0.497 e. The summed E-state index contributed by atoms with van der Waals surface area (Å²) in [5.74, 6) is 1.54. The number of benzene rings is 3. The van der Waals surface area contributed by atoms with Gasteiger partial charge in [0, 0.05) is 16.5 Å². The lowest BCUT2D eigenvalue weighted by atomic mass is 10.1. The molecule has 0 saturated heterocycles. The van der Waals surface area contributed by atoms with Crippen LogP contribution < -0.4 is 10.2 Å². The van der Waals surface area contributed by atoms with Crippen LogP contribution in [0.3, 0.4) is 0 Å². The Kier molecular flexibility index (Phi) is 3.83. The molecule has 0 bridgehead atoms. The van der Waals surface area contributed by atoms with Crippen LogP contribution in [0.25, 0.3) is 27.9 Å². The zero-order valence-electron chi connectivity index (χ0n) is 14.6. The molecule has 0 radical (unpaired) electrons. The zero-order valence-corrected chi connectivity index (χ0v) is 15.4. The number of nitrogens with zero attached hydrogens (tertiary/aromatic N) is 3. The van der Waals surface area contributed by atoms with Gasteiger partial charge in [-0.05, 0) is 29.0 Å². The highest BCUT2D eigenvalue weighted by Gasteiger charge is 2.20. The lowest BCUT2D eigenvalue weighted by molar-refractivity contribution is 0.415. The molecule has 2 heterocycles. The molecule has 3 aromatic carbocycles. The van der Waals surface area contributed by atoms with Gasteiger partial charge in [-0.15, -0.1) is 10.2 Å². The molecule has 0 unspecified atom stereocenters. The Morgan fingerprint density at radius 3 is 2.67 bits per heavy atom. The first-order valence-electron chi connectivity index (χ1n) is 8.55. The summed E-state index contributed by atoms with van der Waals surface area (Å²) in [4.78, 5) is 0. The number of hydrogen-bond donors (Lipinski definition) is 1. The smallest absolute Gasteiger partial charge is 0.214 e. The summed E-state index contributed by atoms with van der Waals surface area (Å²) in [5.41, 5.74) is 6.54. The third-order valence-corrected chi connectivity index (χ3v) is 5.36. The van der Waals surface area contributed by atoms with Crippen molar-refractivity contribution in [3.05, 3.63) is 77.7 Å². The SMILES string of the molecule is COc1cccc(-c2nnc3n2NC(c2ccc4ccccc4c2)=CS3)c1. The third-order valence-electron chi connectivity index (χ3n) is 4.54. The molecule has 0 atom stereocenters. The second-order valence-corrected chi connectivity index (χ2v) is 7.03. The van der Waals surface area contributed by atoms with Crippen LogP contribution in [0.1, 0.15) is 5.56 Å². The first-order chi connectivity index (χ1) is 13.3. The number of hydrogen-bond acceptors (Lipinski definition) is 5. The summed E-state index contributed by atoms with van der Waals surface area (Å²) in [5, 5.41) is 14.0. The topological polar surface area (TPSA) is 52.0 Å². The molecule has 0 spiro atoms. The maximum Gasteiger partial charge on any atom is 0.214 e. The average Bonchev–Trinajstić information content (AvgIpc) is 3.16. The molecule has 5 rings (SSSR count). The van der Waals surface area contributed by atoms with Crippen molar-refractivity contribution in [2.75, 3.05) is 12.5 Å². The van der Waals surface area contributed by atoms with Crippen LogP contribution in [0.15, 0.2) is 77.3 Å². The van der Waals surface area contributed by atoms with E-state index in [-0.39, 0.29) is 0 Å². The van der Waals surface area contributed by atoms with Crippen molar-refractivity contribution < 1.29 is 4.74 Å². The van der Waals surface area contributed by atoms with Gasteiger partial charge in [-0.25, -0.2) is 4.68 Å². The van der Waals surface area contributed by atoms with E-state index >= 15 is 0 Å². The van der Waals surface area contributed by atoms with Crippen LogP contribution >= 0.6 is 11.8 Å². The van der Waals surface area contributed by atoms with Crippen LogP contribution in [0.2, 0.25) is 0 Å². The second-order valence-electron chi connectivity index (χ2n) is 6.20. The maximum absolute atomic E-state index is 5.33. The van der Waals surface area contributed by atoms with E-state index in [0.29, 0.717) is 0 Å². The van der Waals surface area contributed by atoms with E-state index in [0.717, 1.165) is 33.6 Å². The van der Waals surface area contributed by atoms with Gasteiger partial charge in [0.1, 0.15) is 5.75 Å². The molecule has 1 aliphatic heterocycles. The Hall–Kier alpha value is -3.25. The summed E-state index contributed by atoms with van der Waals surface area (Å²) in [6.45, 7) is 0. The molecule has 0 fully saturated rings. The predicted molar refractivity (Wildman–Crippen MR) is 109 cm³/mol. The minimum Gasteiger partial charge on any atom is -0.497 e. The summed E-state index contributed by atoms with van der Waals surface area (Å²) < 4.78 is 7.25. The Morgan fingerprint density at radius 2 is 1.78 bits per heavy atom. The molecule has 27 heavy (non-hydrogen) atoms. The quantitative estimate of drug-likeness (QED) is 0.562. The fraction of sp³-hybridized carbons (Fsp3) is 0.0476. The number of thioether (sulfide) groups is 1. The number of nitrogens with one attached hydrogen (secondary N) is 1. The summed E-state index contributed by atoms with van der Waals surface area (Å²) >= 11 is 1.56. The van der Waals surface area contributed by atoms with Crippen molar-refractivity contribution in [2.24, 2.45) is 0 Å². The number of aromatic nitrogens is 3. The van der Waals surface area contributed by atoms with Crippen LogP contribution in [-0.2, 0) is 0 Å². The van der Waals surface area contributed by atoms with Crippen molar-refractivity contribution in [2.45, 2.75) is 5.16 Å². The second kappa shape index (κ2) is 6.48. The van der Waals surface area contributed by atoms with Gasteiger partial charge in [0.25, 0.3) is 0 Å². The number of fused-ring (bicyclic) bond motifs is 2. The molecular formula is C21H16N4OS. The van der Waals surface area contributed by atoms with Gasteiger partial charge >= 0.3 is 0 Å². The Morgan fingerprint density at radius 1 is 0.889 bits per heavy atom. The third kappa shape index (κ3) is 2.84. The lowest BCUT2D eigenvalue weighted by Gasteiger charge is -2.19. The van der Waals surface area contributed by atoms with E-state index in [1.165, 1.54) is 10.8 Å². The molecule has 6 heteroatoms. The highest BCUT2D eigenvalue weighted by atomic mass is 32.2. The zero-order chi connectivity index (χ0) is 18.2. The summed E-state index contributed by atoms with van der Waals surface area (Å²) in [6, 6.07) is 22.6. The highest BCUT2D eigenvalue weighted by Crippen LogP contribution is 2.32. The van der Waals surface area contributed by atoms with E-state index in [1.54, 1.807) is 18.9 Å². The van der Waals surface area contributed by atoms with Crippen molar-refractivity contribution in [3.63, 3.8) is 0 Å². The number of rotatable bonds is 3. The highest BCUT2D eigenvalue weighted by molar-refractivity contribution is 8.02. The van der Waals surface area contributed by atoms with E-state index < -0.39 is 0 Å². The molecular weight excluding hydrogens is 356 g/mol. The van der Waals surface area contributed by atoms with Gasteiger partial charge in [-0.3, -0.25) is 5.43 Å². The van der Waals surface area contributed by atoms with Crippen LogP contribution in [0.4, 0.5) is 0 Å². The Balaban J connectivity index is 1.52. The fourth-order valence-electron chi connectivity index (χ4n) is 3.14. The fourth-order valence-corrected chi connectivity index (χ4v) is 3.88. The number of methoxy groups -OCH3 is 1. The Bertz CT molecular complexity index is 1180. The van der Waals surface area contributed by atoms with Crippen LogP contribution in [-0.4, -0.2) is 22.0 Å². The molecule has 0 aliphatic carbocycles. The molecule has 1 N–H and O–H groups in total. The van der Waals surface area contributed by atoms with E-state index in [2.05, 4.69) is 63.5 Å². The molecule has 0 amide bonds. The molecule has 0 saturated carbocycles. The lowest BCUT2D eigenvalue weighted by Crippen LogP contribution is -2.18. The first-order valence-corrected chi connectivity index (χ1v) is 9.43. The van der Waals surface area contributed by atoms with Crippen molar-refractivity contribution >= 4 is 28.2 Å². The minimum absolute atomic E-state index is 0.753. The first kappa shape index (κ1) is 16.0. The monoisotopic (exact) mass is 372 g/mol. The summed E-state index contributed by atoms with van der Waals surface area (Å²) in [6.07, 6.45) is 0. The van der Waals surface area contributed by atoms with E-state index in [1.807, 2.05) is 28.9 Å². The summed E-state index contributed by atoms with van der Waals surface area (Å²) in [7, 11) is 1.66. The molecule has 4 aromatic rings. The van der Waals surface area contributed by atoms with E-state index in [4.69, 9.17) is 4.74 Å². The Labute approximate surface area is 160 Å². The molecule has 5 nitrogen and oxygen atoms in total. The van der Waals surface area contributed by atoms with Crippen LogP contribution in [0, 0.1) is 0 Å². The number of ether oxygens (including phenoxy) is 1. The molecule has 1 aromatic heterocycles. The van der Waals surface area contributed by atoms with Gasteiger partial charge in [-0.1, -0.05) is 60.3 Å². The van der Waals surface area contributed by atoms with Gasteiger partial charge in [0.05, 0.1) is 12.8 Å². The van der Waals surface area contributed by atoms with Gasteiger partial charge in [0.2, 0.25) is 5.16 Å². The van der Waals surface area contributed by atoms with Gasteiger partial charge < -0.3 is 4.74 Å². The van der Waals surface area contributed by atoms with Crippen LogP contribution in [0.5, 0.6) is 5.75 Å². The minimum atomic E-state index is 0.753. The maximum atomic E-state index is 5.33. The van der Waals surface area contributed by atoms with Crippen molar-refractivity contribution in [1.29, 1.82) is 0 Å². The van der Waals surface area contributed by atoms with Gasteiger partial charge in [0.15, 0.2) is 5.82 Å². The molecule has 132 valence electrons. The van der Waals surface area contributed by atoms with Crippen molar-refractivity contribution in [3.8, 4) is 17.1 Å². The van der Waals surface area contributed by atoms with E-state index in [9.17, 15) is 0 Å². The normalized spacial score (nSPS) is 13.0. The van der Waals surface area contributed by atoms with Gasteiger partial charge in [-0.2, -0.15) is 0 Å². The standard InChI is InChI=1S/C21H16N4OS/c1-26-18-8-4-7-17(12-18)20-22-23-21-25(20)24-19(13-27-21)16-10-9-14-5-2-3-6-15(14)11-16/h2-13,24H,1H3. The average molecular weight is 372 g/mol. The molecule has 1 aliphatic rings. The predicted octanol–water partition coefficient (Wildman–Crippen LogP) is 4.75. The van der Waals surface area contributed by atoms with Crippen molar-refractivity contribution in [1.82, 2.24) is 14.9 Å².